The van der Waals surface area contributed by atoms with Crippen molar-refractivity contribution in [2.24, 2.45) is 0 Å². The molecule has 0 saturated carbocycles. The molecule has 0 saturated heterocycles. The molecule has 9 nitrogen and oxygen atoms in total. The molecule has 3 unspecified atom stereocenters. The summed E-state index contributed by atoms with van der Waals surface area (Å²) < 4.78 is 30.3. The van der Waals surface area contributed by atoms with Crippen LogP contribution in [0.1, 0.15) is 316 Å². The van der Waals surface area contributed by atoms with Crippen molar-refractivity contribution in [1.29, 1.82) is 0 Å². The maximum Gasteiger partial charge on any atom is 0.306 e. The Bertz CT molecular complexity index is 1300. The third-order valence-electron chi connectivity index (χ3n) is 14.4. The van der Waals surface area contributed by atoms with Crippen LogP contribution in [0.15, 0.2) is 24.3 Å². The van der Waals surface area contributed by atoms with E-state index in [1.807, 2.05) is 33.3 Å². The van der Waals surface area contributed by atoms with Crippen molar-refractivity contribution in [1.82, 2.24) is 5.32 Å². The molecule has 0 spiro atoms. The molecule has 0 aromatic rings. The lowest BCUT2D eigenvalue weighted by Gasteiger charge is -2.30. The molecule has 0 aliphatic rings. The topological polar surface area (TPSA) is 114 Å². The highest BCUT2D eigenvalue weighted by atomic mass is 31.2. The Morgan fingerprint density at radius 1 is 0.466 bits per heavy atom. The number of nitrogens with one attached hydrogen (secondary N) is 1. The van der Waals surface area contributed by atoms with E-state index in [1.54, 1.807) is 0 Å². The summed E-state index contributed by atoms with van der Waals surface area (Å²) in [7, 11) is 1.20. The molecular formula is C63H123N2O7P. The second kappa shape index (κ2) is 53.9. The van der Waals surface area contributed by atoms with E-state index >= 15 is 0 Å². The third-order valence-corrected chi connectivity index (χ3v) is 15.3. The molecule has 0 aliphatic carbocycles. The van der Waals surface area contributed by atoms with Gasteiger partial charge in [0.15, 0.2) is 0 Å². The van der Waals surface area contributed by atoms with Gasteiger partial charge in [-0.3, -0.25) is 14.2 Å². The van der Waals surface area contributed by atoms with Crippen LogP contribution in [0.5, 0.6) is 0 Å². The number of carbonyl (C=O) groups is 2. The van der Waals surface area contributed by atoms with Crippen LogP contribution in [0, 0.1) is 0 Å². The van der Waals surface area contributed by atoms with E-state index in [-0.39, 0.29) is 31.5 Å². The summed E-state index contributed by atoms with van der Waals surface area (Å²) in [5.74, 6) is -0.526. The van der Waals surface area contributed by atoms with Gasteiger partial charge >= 0.3 is 5.97 Å². The summed E-state index contributed by atoms with van der Waals surface area (Å²) in [6.07, 6.45) is 62.9. The number of quaternary nitrogens is 1. The molecule has 10 heteroatoms. The van der Waals surface area contributed by atoms with Crippen LogP contribution in [0.3, 0.4) is 0 Å². The Kier molecular flexibility index (Phi) is 52.8. The Labute approximate surface area is 454 Å². The zero-order chi connectivity index (χ0) is 53.6. The van der Waals surface area contributed by atoms with Crippen molar-refractivity contribution in [3.63, 3.8) is 0 Å². The summed E-state index contributed by atoms with van der Waals surface area (Å²) in [6.45, 7) is 6.87. The Morgan fingerprint density at radius 3 is 1.16 bits per heavy atom. The van der Waals surface area contributed by atoms with Gasteiger partial charge in [-0.1, -0.05) is 270 Å². The molecule has 432 valence electrons. The minimum atomic E-state index is -4.69. The lowest BCUT2D eigenvalue weighted by atomic mass is 10.0. The number of carbonyl (C=O) groups excluding carboxylic acids is 2. The van der Waals surface area contributed by atoms with Gasteiger partial charge in [0.1, 0.15) is 19.3 Å². The van der Waals surface area contributed by atoms with Gasteiger partial charge in [-0.15, -0.1) is 0 Å². The number of hydrogen-bond acceptors (Lipinski definition) is 7. The van der Waals surface area contributed by atoms with E-state index in [9.17, 15) is 19.0 Å². The highest BCUT2D eigenvalue weighted by molar-refractivity contribution is 7.45. The molecule has 0 aromatic heterocycles. The van der Waals surface area contributed by atoms with Crippen molar-refractivity contribution in [2.45, 2.75) is 328 Å². The maximum absolute atomic E-state index is 13.5. The van der Waals surface area contributed by atoms with Gasteiger partial charge in [0.2, 0.25) is 5.91 Å². The van der Waals surface area contributed by atoms with Crippen LogP contribution in [-0.4, -0.2) is 69.4 Å². The molecule has 0 radical (unpaired) electrons. The number of phosphoric acid groups is 1. The zero-order valence-corrected chi connectivity index (χ0v) is 50.3. The van der Waals surface area contributed by atoms with E-state index in [2.05, 4.69) is 38.2 Å². The number of phosphoric ester groups is 1. The summed E-state index contributed by atoms with van der Waals surface area (Å²) >= 11 is 0. The van der Waals surface area contributed by atoms with Gasteiger partial charge in [-0.05, 0) is 57.4 Å². The summed E-state index contributed by atoms with van der Waals surface area (Å²) in [5.41, 5.74) is 0. The Balaban J connectivity index is 5.07. The van der Waals surface area contributed by atoms with E-state index in [1.165, 1.54) is 225 Å². The first-order chi connectivity index (χ1) is 35.4. The molecule has 0 heterocycles. The monoisotopic (exact) mass is 1050 g/mol. The average molecular weight is 1050 g/mol. The standard InChI is InChI=1S/C63H123N2O7P/c1-7-10-13-16-19-22-25-27-28-29-30-31-32-33-34-35-36-38-41-44-47-50-53-56-63(67)72-61(54-51-48-45-42-39-24-21-18-15-12-9-3)60(59-71-73(68,69)70-58-57-65(4,5)6)64-62(66)55-52-49-46-43-40-37-26-23-20-17-14-11-8-2/h27-28,51,54,60-61H,7-26,29-50,52-53,55-59H2,1-6H3,(H-,64,66,68,69)/b28-27+,54-51+. The lowest BCUT2D eigenvalue weighted by molar-refractivity contribution is -0.870. The van der Waals surface area contributed by atoms with Crippen molar-refractivity contribution < 1.29 is 37.3 Å². The SMILES string of the molecule is CCCCCCCC/C=C/CCCCCCCCCCCCCCCC(=O)OC(/C=C/CCCCCCCCCCC)C(COP(=O)([O-])OCC[N+](C)(C)C)NC(=O)CCCCCCCCCCCCCCC. The highest BCUT2D eigenvalue weighted by Crippen LogP contribution is 2.38. The minimum Gasteiger partial charge on any atom is -0.756 e. The summed E-state index contributed by atoms with van der Waals surface area (Å²) in [5, 5.41) is 3.03. The largest absolute Gasteiger partial charge is 0.756 e. The quantitative estimate of drug-likeness (QED) is 0.0212. The highest BCUT2D eigenvalue weighted by Gasteiger charge is 2.27. The number of ether oxygens (including phenoxy) is 1. The van der Waals surface area contributed by atoms with Gasteiger partial charge in [0.25, 0.3) is 7.82 Å². The summed E-state index contributed by atoms with van der Waals surface area (Å²) in [6, 6.07) is -0.881. The fourth-order valence-electron chi connectivity index (χ4n) is 9.46. The number of esters is 1. The Morgan fingerprint density at radius 2 is 0.795 bits per heavy atom. The number of unbranched alkanes of at least 4 members (excludes halogenated alkanes) is 40. The number of hydrogen-bond donors (Lipinski definition) is 1. The first-order valence-corrected chi connectivity index (χ1v) is 33.1. The fraction of sp³-hybridized carbons (Fsp3) is 0.905. The summed E-state index contributed by atoms with van der Waals surface area (Å²) in [4.78, 5) is 39.9. The molecule has 0 fully saturated rings. The molecule has 0 rings (SSSR count). The predicted molar refractivity (Wildman–Crippen MR) is 312 cm³/mol. The van der Waals surface area contributed by atoms with Gasteiger partial charge in [-0.25, -0.2) is 0 Å². The number of nitrogens with zero attached hydrogens (tertiary/aromatic N) is 1. The maximum atomic E-state index is 13.5. The second-order valence-electron chi connectivity index (χ2n) is 22.9. The van der Waals surface area contributed by atoms with E-state index in [0.717, 1.165) is 57.8 Å². The normalized spacial score (nSPS) is 13.8. The van der Waals surface area contributed by atoms with E-state index < -0.39 is 20.0 Å². The van der Waals surface area contributed by atoms with Gasteiger partial charge in [0.05, 0.1) is 33.8 Å². The molecule has 1 amide bonds. The van der Waals surface area contributed by atoms with Gasteiger partial charge in [-0.2, -0.15) is 0 Å². The van der Waals surface area contributed by atoms with Crippen molar-refractivity contribution in [3.8, 4) is 0 Å². The van der Waals surface area contributed by atoms with Crippen LogP contribution < -0.4 is 10.2 Å². The first kappa shape index (κ1) is 71.5. The second-order valence-corrected chi connectivity index (χ2v) is 24.3. The van der Waals surface area contributed by atoms with E-state index in [4.69, 9.17) is 13.8 Å². The third kappa shape index (κ3) is 55.1. The predicted octanol–water partition coefficient (Wildman–Crippen LogP) is 18.7. The van der Waals surface area contributed by atoms with Crippen molar-refractivity contribution in [3.05, 3.63) is 24.3 Å². The van der Waals surface area contributed by atoms with Crippen LogP contribution >= 0.6 is 7.82 Å². The van der Waals surface area contributed by atoms with Crippen LogP contribution in [-0.2, 0) is 27.9 Å². The molecule has 73 heavy (non-hydrogen) atoms. The van der Waals surface area contributed by atoms with Crippen LogP contribution in [0.2, 0.25) is 0 Å². The smallest absolute Gasteiger partial charge is 0.306 e. The minimum absolute atomic E-state index is 0.0184. The first-order valence-electron chi connectivity index (χ1n) is 31.6. The van der Waals surface area contributed by atoms with Gasteiger partial charge < -0.3 is 28.5 Å². The molecule has 3 atom stereocenters. The molecule has 0 aromatic carbocycles. The molecule has 0 aliphatic heterocycles. The Hall–Kier alpha value is -1.51. The van der Waals surface area contributed by atoms with Gasteiger partial charge in [0, 0.05) is 12.8 Å². The number of allylic oxidation sites excluding steroid dienone is 3. The molecule has 1 N–H and O–H groups in total. The number of likely N-dealkylation sites (N-methyl/N-ethyl adjacent to an activating group) is 1. The number of rotatable bonds is 58. The van der Waals surface area contributed by atoms with Crippen LogP contribution in [0.25, 0.3) is 0 Å². The van der Waals surface area contributed by atoms with Crippen molar-refractivity contribution in [2.75, 3.05) is 40.9 Å². The molecular weight excluding hydrogens is 928 g/mol. The van der Waals surface area contributed by atoms with Crippen molar-refractivity contribution >= 4 is 19.7 Å². The zero-order valence-electron chi connectivity index (χ0n) is 49.4. The van der Waals surface area contributed by atoms with E-state index in [0.29, 0.717) is 17.4 Å². The fourth-order valence-corrected chi connectivity index (χ4v) is 10.2. The lowest BCUT2D eigenvalue weighted by Crippen LogP contribution is -2.47. The number of amides is 1. The molecule has 0 bridgehead atoms. The van der Waals surface area contributed by atoms with Crippen LogP contribution in [0.4, 0.5) is 0 Å². The average Bonchev–Trinajstić information content (AvgIpc) is 3.35.